The molecule has 1 heterocycles. The van der Waals surface area contributed by atoms with Gasteiger partial charge in [0.05, 0.1) is 0 Å². The second-order valence-corrected chi connectivity index (χ2v) is 4.18. The Balaban J connectivity index is 2.86. The topological polar surface area (TPSA) is 62.2 Å². The van der Waals surface area contributed by atoms with Crippen LogP contribution in [0.2, 0.25) is 0 Å². The Hall–Kier alpha value is -1.42. The number of hydrogen-bond donors (Lipinski definition) is 2. The highest BCUT2D eigenvalue weighted by molar-refractivity contribution is 5.95. The lowest BCUT2D eigenvalue weighted by molar-refractivity contribution is -0.130. The Morgan fingerprint density at radius 3 is 2.47 bits per heavy atom. The minimum atomic E-state index is -1.39. The Kier molecular flexibility index (Phi) is 3.09. The van der Waals surface area contributed by atoms with Crippen LogP contribution in [-0.2, 0) is 4.79 Å². The average Bonchev–Trinajstić information content (AvgIpc) is 1.99. The molecule has 0 bridgehead atoms. The van der Waals surface area contributed by atoms with Crippen LogP contribution in [-0.4, -0.2) is 21.6 Å². The molecule has 0 saturated carbocycles. The SMILES string of the molecule is Cc1cc(C)nc(NC(=O)C(C)(C)O)c1. The van der Waals surface area contributed by atoms with E-state index in [0.717, 1.165) is 11.3 Å². The van der Waals surface area contributed by atoms with Crippen molar-refractivity contribution in [2.45, 2.75) is 33.3 Å². The summed E-state index contributed by atoms with van der Waals surface area (Å²) in [5, 5.41) is 12.0. The molecule has 4 nitrogen and oxygen atoms in total. The number of nitrogens with zero attached hydrogens (tertiary/aromatic N) is 1. The van der Waals surface area contributed by atoms with Crippen LogP contribution in [0.3, 0.4) is 0 Å². The van der Waals surface area contributed by atoms with E-state index in [0.29, 0.717) is 5.82 Å². The first-order chi connectivity index (χ1) is 6.79. The van der Waals surface area contributed by atoms with Gasteiger partial charge in [0.15, 0.2) is 0 Å². The number of aliphatic hydroxyl groups is 1. The third kappa shape index (κ3) is 3.32. The van der Waals surface area contributed by atoms with E-state index in [9.17, 15) is 9.90 Å². The molecule has 0 aliphatic rings. The summed E-state index contributed by atoms with van der Waals surface area (Å²) in [6, 6.07) is 3.68. The second kappa shape index (κ2) is 3.98. The molecule has 2 N–H and O–H groups in total. The van der Waals surface area contributed by atoms with Gasteiger partial charge in [0.25, 0.3) is 5.91 Å². The summed E-state index contributed by atoms with van der Waals surface area (Å²) in [7, 11) is 0. The largest absolute Gasteiger partial charge is 0.381 e. The Bertz CT molecular complexity index is 360. The Labute approximate surface area is 89.3 Å². The quantitative estimate of drug-likeness (QED) is 0.772. The summed E-state index contributed by atoms with van der Waals surface area (Å²) < 4.78 is 0. The monoisotopic (exact) mass is 208 g/mol. The van der Waals surface area contributed by atoms with Crippen LogP contribution in [0.15, 0.2) is 12.1 Å². The molecule has 1 rings (SSSR count). The molecule has 0 aliphatic heterocycles. The lowest BCUT2D eigenvalue weighted by atomic mass is 10.1. The van der Waals surface area contributed by atoms with Crippen molar-refractivity contribution >= 4 is 11.7 Å². The van der Waals surface area contributed by atoms with Gasteiger partial charge in [-0.25, -0.2) is 4.98 Å². The zero-order valence-corrected chi connectivity index (χ0v) is 9.46. The maximum atomic E-state index is 11.5. The van der Waals surface area contributed by atoms with Crippen molar-refractivity contribution in [3.8, 4) is 0 Å². The van der Waals surface area contributed by atoms with Crippen molar-refractivity contribution in [3.05, 3.63) is 23.4 Å². The minimum Gasteiger partial charge on any atom is -0.381 e. The van der Waals surface area contributed by atoms with Gasteiger partial charge in [0, 0.05) is 5.69 Å². The van der Waals surface area contributed by atoms with Gasteiger partial charge in [-0.05, 0) is 45.4 Å². The van der Waals surface area contributed by atoms with E-state index in [-0.39, 0.29) is 0 Å². The third-order valence-corrected chi connectivity index (χ3v) is 1.90. The molecule has 0 aromatic carbocycles. The standard InChI is InChI=1S/C11H16N2O2/c1-7-5-8(2)12-9(6-7)13-10(14)11(3,4)15/h5-6,15H,1-4H3,(H,12,13,14). The first kappa shape index (κ1) is 11.7. The van der Waals surface area contributed by atoms with Crippen molar-refractivity contribution < 1.29 is 9.90 Å². The lowest BCUT2D eigenvalue weighted by Gasteiger charge is -2.16. The predicted molar refractivity (Wildman–Crippen MR) is 58.6 cm³/mol. The maximum Gasteiger partial charge on any atom is 0.256 e. The van der Waals surface area contributed by atoms with E-state index in [2.05, 4.69) is 10.3 Å². The normalized spacial score (nSPS) is 11.3. The predicted octanol–water partition coefficient (Wildman–Crippen LogP) is 1.41. The highest BCUT2D eigenvalue weighted by atomic mass is 16.3. The highest BCUT2D eigenvalue weighted by Crippen LogP contribution is 2.11. The van der Waals surface area contributed by atoms with E-state index in [4.69, 9.17) is 0 Å². The van der Waals surface area contributed by atoms with Crippen molar-refractivity contribution in [1.82, 2.24) is 4.98 Å². The number of anilines is 1. The molecular weight excluding hydrogens is 192 g/mol. The highest BCUT2D eigenvalue weighted by Gasteiger charge is 2.23. The molecule has 0 fully saturated rings. The smallest absolute Gasteiger partial charge is 0.256 e. The van der Waals surface area contributed by atoms with Gasteiger partial charge in [0.1, 0.15) is 11.4 Å². The van der Waals surface area contributed by atoms with Crippen molar-refractivity contribution in [1.29, 1.82) is 0 Å². The number of nitrogens with one attached hydrogen (secondary N) is 1. The molecule has 0 spiro atoms. The van der Waals surface area contributed by atoms with Gasteiger partial charge in [-0.3, -0.25) is 4.79 Å². The number of carbonyl (C=O) groups excluding carboxylic acids is 1. The van der Waals surface area contributed by atoms with Gasteiger partial charge in [-0.1, -0.05) is 0 Å². The number of pyridine rings is 1. The Morgan fingerprint density at radius 1 is 1.40 bits per heavy atom. The number of aryl methyl sites for hydroxylation is 2. The Morgan fingerprint density at radius 2 is 2.00 bits per heavy atom. The van der Waals surface area contributed by atoms with Crippen LogP contribution >= 0.6 is 0 Å². The fourth-order valence-electron chi connectivity index (χ4n) is 1.17. The van der Waals surface area contributed by atoms with Crippen molar-refractivity contribution in [2.75, 3.05) is 5.32 Å². The van der Waals surface area contributed by atoms with Crippen LogP contribution < -0.4 is 5.32 Å². The number of rotatable bonds is 2. The summed E-state index contributed by atoms with van der Waals surface area (Å²) in [6.45, 7) is 6.65. The summed E-state index contributed by atoms with van der Waals surface area (Å²) in [6.07, 6.45) is 0. The van der Waals surface area contributed by atoms with Crippen LogP contribution in [0.1, 0.15) is 25.1 Å². The van der Waals surface area contributed by atoms with Gasteiger partial charge >= 0.3 is 0 Å². The number of hydrogen-bond acceptors (Lipinski definition) is 3. The fourth-order valence-corrected chi connectivity index (χ4v) is 1.17. The number of carbonyl (C=O) groups is 1. The summed E-state index contributed by atoms with van der Waals surface area (Å²) in [5.74, 6) is 0.0135. The molecule has 0 radical (unpaired) electrons. The van der Waals surface area contributed by atoms with Crippen LogP contribution in [0, 0.1) is 13.8 Å². The molecule has 1 aromatic rings. The van der Waals surface area contributed by atoms with Crippen molar-refractivity contribution in [3.63, 3.8) is 0 Å². The van der Waals surface area contributed by atoms with Crippen LogP contribution in [0.4, 0.5) is 5.82 Å². The molecule has 82 valence electrons. The molecule has 1 amide bonds. The molecule has 0 atom stereocenters. The van der Waals surface area contributed by atoms with Crippen LogP contribution in [0.5, 0.6) is 0 Å². The van der Waals surface area contributed by atoms with E-state index in [1.165, 1.54) is 13.8 Å². The molecule has 15 heavy (non-hydrogen) atoms. The fraction of sp³-hybridized carbons (Fsp3) is 0.455. The first-order valence-electron chi connectivity index (χ1n) is 4.78. The van der Waals surface area contributed by atoms with Gasteiger partial charge in [-0.2, -0.15) is 0 Å². The zero-order chi connectivity index (χ0) is 11.6. The maximum absolute atomic E-state index is 11.5. The van der Waals surface area contributed by atoms with Gasteiger partial charge < -0.3 is 10.4 Å². The minimum absolute atomic E-state index is 0.458. The molecule has 1 aromatic heterocycles. The van der Waals surface area contributed by atoms with Crippen LogP contribution in [0.25, 0.3) is 0 Å². The number of amides is 1. The van der Waals surface area contributed by atoms with E-state index < -0.39 is 11.5 Å². The van der Waals surface area contributed by atoms with E-state index in [1.807, 2.05) is 19.9 Å². The zero-order valence-electron chi connectivity index (χ0n) is 9.46. The van der Waals surface area contributed by atoms with Gasteiger partial charge in [-0.15, -0.1) is 0 Å². The third-order valence-electron chi connectivity index (χ3n) is 1.90. The molecule has 4 heteroatoms. The molecular formula is C11H16N2O2. The molecule has 0 saturated heterocycles. The summed E-state index contributed by atoms with van der Waals surface area (Å²) >= 11 is 0. The molecule has 0 aliphatic carbocycles. The van der Waals surface area contributed by atoms with Gasteiger partial charge in [0.2, 0.25) is 0 Å². The van der Waals surface area contributed by atoms with E-state index in [1.54, 1.807) is 6.07 Å². The second-order valence-electron chi connectivity index (χ2n) is 4.18. The number of aromatic nitrogens is 1. The first-order valence-corrected chi connectivity index (χ1v) is 4.78. The summed E-state index contributed by atoms with van der Waals surface area (Å²) in [5.41, 5.74) is 0.467. The summed E-state index contributed by atoms with van der Waals surface area (Å²) in [4.78, 5) is 15.6. The van der Waals surface area contributed by atoms with E-state index >= 15 is 0 Å². The lowest BCUT2D eigenvalue weighted by Crippen LogP contribution is -2.36. The average molecular weight is 208 g/mol. The molecule has 0 unspecified atom stereocenters. The van der Waals surface area contributed by atoms with Crippen molar-refractivity contribution in [2.24, 2.45) is 0 Å².